The van der Waals surface area contributed by atoms with Gasteiger partial charge in [-0.2, -0.15) is 0 Å². The molecule has 0 spiro atoms. The second-order valence-electron chi connectivity index (χ2n) is 2.01. The summed E-state index contributed by atoms with van der Waals surface area (Å²) >= 11 is 3.31. The van der Waals surface area contributed by atoms with Gasteiger partial charge in [0.1, 0.15) is 0 Å². The molecule has 0 atom stereocenters. The van der Waals surface area contributed by atoms with E-state index in [2.05, 4.69) is 21.2 Å². The van der Waals surface area contributed by atoms with Crippen molar-refractivity contribution >= 4 is 27.3 Å². The van der Waals surface area contributed by atoms with Gasteiger partial charge in [0, 0.05) is 17.2 Å². The number of nitrogens with one attached hydrogen (secondary N) is 2. The molecule has 1 rings (SSSR count). The van der Waals surface area contributed by atoms with E-state index in [1.54, 1.807) is 19.2 Å². The third-order valence-corrected chi connectivity index (χ3v) is 2.03. The van der Waals surface area contributed by atoms with Crippen molar-refractivity contribution in [2.75, 3.05) is 17.8 Å². The third-order valence-electron chi connectivity index (χ3n) is 1.37. The summed E-state index contributed by atoms with van der Waals surface area (Å²) in [4.78, 5) is 0. The Labute approximate surface area is 73.5 Å². The molecule has 1 aromatic rings. The third kappa shape index (κ3) is 1.64. The average Bonchev–Trinajstić information content (AvgIpc) is 2.04. The van der Waals surface area contributed by atoms with Crippen molar-refractivity contribution in [2.45, 2.75) is 0 Å². The van der Waals surface area contributed by atoms with Crippen LogP contribution in [0.1, 0.15) is 0 Å². The molecule has 3 nitrogen and oxygen atoms in total. The van der Waals surface area contributed by atoms with Gasteiger partial charge in [-0.15, -0.1) is 0 Å². The first-order valence-corrected chi connectivity index (χ1v) is 3.93. The lowest BCUT2D eigenvalue weighted by Gasteiger charge is -2.15. The second-order valence-corrected chi connectivity index (χ2v) is 2.87. The van der Waals surface area contributed by atoms with E-state index in [1.807, 2.05) is 11.5 Å². The summed E-state index contributed by atoms with van der Waals surface area (Å²) < 4.78 is 0.876. The molecule has 2 N–H and O–H groups in total. The van der Waals surface area contributed by atoms with Crippen molar-refractivity contribution < 1.29 is 0 Å². The summed E-state index contributed by atoms with van der Waals surface area (Å²) in [7, 11) is 1.76. The fourth-order valence-electron chi connectivity index (χ4n) is 0.863. The van der Waals surface area contributed by atoms with E-state index in [9.17, 15) is 5.21 Å². The summed E-state index contributed by atoms with van der Waals surface area (Å²) in [6, 6.07) is 5.38. The van der Waals surface area contributed by atoms with Gasteiger partial charge in [0.25, 0.3) is 0 Å². The van der Waals surface area contributed by atoms with E-state index in [1.165, 1.54) is 0 Å². The molecule has 0 radical (unpaired) electrons. The molecule has 0 heterocycles. The molecule has 0 aliphatic rings. The highest BCUT2D eigenvalue weighted by molar-refractivity contribution is 9.10. The van der Waals surface area contributed by atoms with Crippen LogP contribution < -0.4 is 10.8 Å². The minimum atomic E-state index is 0.543. The van der Waals surface area contributed by atoms with E-state index in [0.29, 0.717) is 5.69 Å². The summed E-state index contributed by atoms with van der Waals surface area (Å²) in [5, 5.41) is 13.3. The standard InChI is InChI=1S/C7H8BrN2O/c1-9-7-5(8)3-2-4-6(7)10-11/h2-4,9-10H,1H3/q-1. The van der Waals surface area contributed by atoms with Crippen molar-refractivity contribution in [2.24, 2.45) is 0 Å². The van der Waals surface area contributed by atoms with Crippen molar-refractivity contribution in [1.82, 2.24) is 0 Å². The molecule has 0 aromatic heterocycles. The number of rotatable bonds is 2. The Hall–Kier alpha value is -0.740. The van der Waals surface area contributed by atoms with Crippen LogP contribution in [0.5, 0.6) is 0 Å². The first kappa shape index (κ1) is 8.36. The Kier molecular flexibility index (Phi) is 2.73. The monoisotopic (exact) mass is 215 g/mol. The number of hydrogen-bond donors (Lipinski definition) is 2. The maximum atomic E-state index is 10.4. The predicted molar refractivity (Wildman–Crippen MR) is 50.7 cm³/mol. The largest absolute Gasteiger partial charge is 0.761 e. The molecule has 4 heteroatoms. The lowest BCUT2D eigenvalue weighted by Crippen LogP contribution is -1.95. The predicted octanol–water partition coefficient (Wildman–Crippen LogP) is 2.40. The van der Waals surface area contributed by atoms with Gasteiger partial charge < -0.3 is 16.0 Å². The van der Waals surface area contributed by atoms with Crippen LogP contribution in [0.15, 0.2) is 22.7 Å². The maximum absolute atomic E-state index is 10.4. The van der Waals surface area contributed by atoms with Crippen molar-refractivity contribution in [3.63, 3.8) is 0 Å². The minimum absolute atomic E-state index is 0.543. The molecule has 60 valence electrons. The van der Waals surface area contributed by atoms with E-state index in [-0.39, 0.29) is 0 Å². The van der Waals surface area contributed by atoms with Crippen LogP contribution in [-0.2, 0) is 0 Å². The molecule has 0 bridgehead atoms. The van der Waals surface area contributed by atoms with Crippen LogP contribution >= 0.6 is 15.9 Å². The van der Waals surface area contributed by atoms with Crippen LogP contribution in [-0.4, -0.2) is 7.05 Å². The number of benzene rings is 1. The second kappa shape index (κ2) is 3.59. The fourth-order valence-corrected chi connectivity index (χ4v) is 1.43. The van der Waals surface area contributed by atoms with Crippen LogP contribution in [0.25, 0.3) is 0 Å². The smallest absolute Gasteiger partial charge is 0.0709 e. The zero-order valence-electron chi connectivity index (χ0n) is 6.02. The molecule has 0 saturated heterocycles. The number of hydrogen-bond acceptors (Lipinski definition) is 3. The van der Waals surface area contributed by atoms with Crippen LogP contribution in [0.3, 0.4) is 0 Å². The van der Waals surface area contributed by atoms with Crippen molar-refractivity contribution in [3.8, 4) is 0 Å². The van der Waals surface area contributed by atoms with Gasteiger partial charge in [0.15, 0.2) is 0 Å². The average molecular weight is 216 g/mol. The number of halogens is 1. The molecule has 0 amide bonds. The maximum Gasteiger partial charge on any atom is 0.0709 e. The summed E-state index contributed by atoms with van der Waals surface area (Å²) in [6.45, 7) is 0. The van der Waals surface area contributed by atoms with Gasteiger partial charge in [-0.1, -0.05) is 6.07 Å². The van der Waals surface area contributed by atoms with Crippen LogP contribution in [0.4, 0.5) is 11.4 Å². The van der Waals surface area contributed by atoms with E-state index >= 15 is 0 Å². The van der Waals surface area contributed by atoms with Gasteiger partial charge in [-0.25, -0.2) is 0 Å². The quantitative estimate of drug-likeness (QED) is 0.746. The van der Waals surface area contributed by atoms with Gasteiger partial charge in [0.05, 0.1) is 5.69 Å². The molecule has 0 saturated carbocycles. The molecular weight excluding hydrogens is 208 g/mol. The van der Waals surface area contributed by atoms with Crippen molar-refractivity contribution in [3.05, 3.63) is 27.9 Å². The Morgan fingerprint density at radius 1 is 1.45 bits per heavy atom. The number of anilines is 2. The molecule has 0 aliphatic heterocycles. The Morgan fingerprint density at radius 3 is 2.64 bits per heavy atom. The minimum Gasteiger partial charge on any atom is -0.761 e. The molecule has 0 fully saturated rings. The first-order valence-electron chi connectivity index (χ1n) is 3.14. The van der Waals surface area contributed by atoms with E-state index < -0.39 is 0 Å². The van der Waals surface area contributed by atoms with Gasteiger partial charge >= 0.3 is 0 Å². The molecule has 1 aromatic carbocycles. The summed E-state index contributed by atoms with van der Waals surface area (Å²) in [6.07, 6.45) is 0. The van der Waals surface area contributed by atoms with Gasteiger partial charge in [0.2, 0.25) is 0 Å². The highest BCUT2D eigenvalue weighted by Gasteiger charge is 1.99. The lowest BCUT2D eigenvalue weighted by molar-refractivity contribution is 1.46. The number of para-hydroxylation sites is 1. The van der Waals surface area contributed by atoms with Gasteiger partial charge in [-0.3, -0.25) is 0 Å². The first-order chi connectivity index (χ1) is 5.29. The van der Waals surface area contributed by atoms with Crippen LogP contribution in [0.2, 0.25) is 0 Å². The SMILES string of the molecule is CNc1c(Br)cccc1N[O-]. The summed E-state index contributed by atoms with van der Waals surface area (Å²) in [5.74, 6) is 0. The fraction of sp³-hybridized carbons (Fsp3) is 0.143. The highest BCUT2D eigenvalue weighted by atomic mass is 79.9. The van der Waals surface area contributed by atoms with E-state index in [0.717, 1.165) is 10.2 Å². The zero-order valence-corrected chi connectivity index (χ0v) is 7.60. The molecule has 11 heavy (non-hydrogen) atoms. The molecule has 0 aliphatic carbocycles. The Morgan fingerprint density at radius 2 is 2.18 bits per heavy atom. The van der Waals surface area contributed by atoms with Crippen LogP contribution in [0, 0.1) is 5.21 Å². The molecule has 0 unspecified atom stereocenters. The lowest BCUT2D eigenvalue weighted by atomic mass is 10.3. The Balaban J connectivity index is 3.13. The normalized spacial score (nSPS) is 9.36. The van der Waals surface area contributed by atoms with E-state index in [4.69, 9.17) is 0 Å². The molecular formula is C7H8BrN2O-. The van der Waals surface area contributed by atoms with Crippen molar-refractivity contribution in [1.29, 1.82) is 0 Å². The topological polar surface area (TPSA) is 47.1 Å². The summed E-state index contributed by atoms with van der Waals surface area (Å²) in [5.41, 5.74) is 3.17. The highest BCUT2D eigenvalue weighted by Crippen LogP contribution is 2.29. The Bertz CT molecular complexity index is 252. The van der Waals surface area contributed by atoms with Gasteiger partial charge in [-0.05, 0) is 28.1 Å². The zero-order chi connectivity index (χ0) is 8.27.